The van der Waals surface area contributed by atoms with Crippen LogP contribution in [0.15, 0.2) is 47.4 Å². The lowest BCUT2D eigenvalue weighted by Gasteiger charge is -2.35. The summed E-state index contributed by atoms with van der Waals surface area (Å²) >= 11 is 1.25. The third-order valence-corrected chi connectivity index (χ3v) is 5.83. The van der Waals surface area contributed by atoms with E-state index in [0.717, 1.165) is 36.7 Å². The molecule has 150 valence electrons. The first kappa shape index (κ1) is 20.5. The summed E-state index contributed by atoms with van der Waals surface area (Å²) in [7, 11) is 3.31. The number of thioether (sulfide) groups is 1. The van der Waals surface area contributed by atoms with Gasteiger partial charge in [-0.15, -0.1) is 11.8 Å². The smallest absolute Gasteiger partial charge is 0.233 e. The van der Waals surface area contributed by atoms with Gasteiger partial charge in [-0.05, 0) is 30.3 Å². The largest absolute Gasteiger partial charge is 0.497 e. The number of hydrogen-bond donors (Lipinski definition) is 0. The summed E-state index contributed by atoms with van der Waals surface area (Å²) in [5, 5.41) is 0. The summed E-state index contributed by atoms with van der Waals surface area (Å²) in [5.41, 5.74) is 1.07. The van der Waals surface area contributed by atoms with Gasteiger partial charge in [0.1, 0.15) is 17.3 Å². The van der Waals surface area contributed by atoms with E-state index in [2.05, 4.69) is 4.90 Å². The van der Waals surface area contributed by atoms with E-state index in [4.69, 9.17) is 9.47 Å². The molecule has 3 rings (SSSR count). The SMILES string of the molecule is COc1ccc(OC)c(CN2CCN(C(=O)CSc3ccccc3F)CC2)c1. The first-order valence-electron chi connectivity index (χ1n) is 9.19. The Bertz CT molecular complexity index is 810. The highest BCUT2D eigenvalue weighted by molar-refractivity contribution is 8.00. The topological polar surface area (TPSA) is 42.0 Å². The fourth-order valence-corrected chi connectivity index (χ4v) is 4.04. The number of hydrogen-bond acceptors (Lipinski definition) is 5. The Kier molecular flexibility index (Phi) is 7.17. The number of amides is 1. The molecule has 1 saturated heterocycles. The third-order valence-electron chi connectivity index (χ3n) is 4.79. The summed E-state index contributed by atoms with van der Waals surface area (Å²) < 4.78 is 24.4. The molecule has 0 N–H and O–H groups in total. The van der Waals surface area contributed by atoms with E-state index in [1.54, 1.807) is 32.4 Å². The molecule has 0 unspecified atom stereocenters. The van der Waals surface area contributed by atoms with Crippen LogP contribution in [0.1, 0.15) is 5.56 Å². The van der Waals surface area contributed by atoms with Crippen LogP contribution in [0.2, 0.25) is 0 Å². The van der Waals surface area contributed by atoms with E-state index in [9.17, 15) is 9.18 Å². The van der Waals surface area contributed by atoms with Crippen molar-refractivity contribution in [3.8, 4) is 11.5 Å². The number of halogens is 1. The molecule has 0 bridgehead atoms. The van der Waals surface area contributed by atoms with Gasteiger partial charge in [0.15, 0.2) is 0 Å². The van der Waals surface area contributed by atoms with Crippen LogP contribution in [0.25, 0.3) is 0 Å². The van der Waals surface area contributed by atoms with Gasteiger partial charge in [0.2, 0.25) is 5.91 Å². The van der Waals surface area contributed by atoms with Crippen LogP contribution >= 0.6 is 11.8 Å². The zero-order chi connectivity index (χ0) is 19.9. The molecule has 0 aliphatic carbocycles. The Morgan fingerprint density at radius 2 is 1.82 bits per heavy atom. The van der Waals surface area contributed by atoms with Crippen LogP contribution < -0.4 is 9.47 Å². The second-order valence-corrected chi connectivity index (χ2v) is 7.57. The summed E-state index contributed by atoms with van der Waals surface area (Å²) in [6.07, 6.45) is 0. The molecule has 2 aromatic carbocycles. The lowest BCUT2D eigenvalue weighted by molar-refractivity contribution is -0.130. The summed E-state index contributed by atoms with van der Waals surface area (Å²) in [6.45, 7) is 3.66. The molecular weight excluding hydrogens is 379 g/mol. The first-order chi connectivity index (χ1) is 13.6. The number of nitrogens with zero attached hydrogens (tertiary/aromatic N) is 2. The minimum Gasteiger partial charge on any atom is -0.497 e. The average molecular weight is 405 g/mol. The van der Waals surface area contributed by atoms with Gasteiger partial charge >= 0.3 is 0 Å². The van der Waals surface area contributed by atoms with Gasteiger partial charge in [0, 0.05) is 43.2 Å². The molecule has 1 fully saturated rings. The molecule has 7 heteroatoms. The van der Waals surface area contributed by atoms with E-state index in [-0.39, 0.29) is 17.5 Å². The van der Waals surface area contributed by atoms with Crippen molar-refractivity contribution >= 4 is 17.7 Å². The van der Waals surface area contributed by atoms with Gasteiger partial charge in [-0.25, -0.2) is 4.39 Å². The highest BCUT2D eigenvalue weighted by atomic mass is 32.2. The zero-order valence-electron chi connectivity index (χ0n) is 16.2. The zero-order valence-corrected chi connectivity index (χ0v) is 17.0. The number of piperazine rings is 1. The van der Waals surface area contributed by atoms with Crippen LogP contribution in [0.3, 0.4) is 0 Å². The molecule has 0 spiro atoms. The Hall–Kier alpha value is -2.25. The molecule has 1 aliphatic heterocycles. The van der Waals surface area contributed by atoms with Gasteiger partial charge in [-0.2, -0.15) is 0 Å². The molecule has 0 aromatic heterocycles. The fraction of sp³-hybridized carbons (Fsp3) is 0.381. The molecule has 1 amide bonds. The molecule has 2 aromatic rings. The van der Waals surface area contributed by atoms with E-state index in [0.29, 0.717) is 18.0 Å². The molecule has 28 heavy (non-hydrogen) atoms. The predicted molar refractivity (Wildman–Crippen MR) is 109 cm³/mol. The second-order valence-electron chi connectivity index (χ2n) is 6.55. The molecule has 0 saturated carbocycles. The van der Waals surface area contributed by atoms with Crippen molar-refractivity contribution in [1.82, 2.24) is 9.80 Å². The minimum absolute atomic E-state index is 0.0480. The van der Waals surface area contributed by atoms with Crippen molar-refractivity contribution in [2.45, 2.75) is 11.4 Å². The maximum atomic E-state index is 13.7. The highest BCUT2D eigenvalue weighted by Crippen LogP contribution is 2.26. The number of rotatable bonds is 7. The van der Waals surface area contributed by atoms with Gasteiger partial charge in [0.25, 0.3) is 0 Å². The standard InChI is InChI=1S/C21H25FN2O3S/c1-26-17-7-8-19(27-2)16(13-17)14-23-9-11-24(12-10-23)21(25)15-28-20-6-4-3-5-18(20)22/h3-8,13H,9-12,14-15H2,1-2H3. The molecule has 0 radical (unpaired) electrons. The van der Waals surface area contributed by atoms with Crippen molar-refractivity contribution in [2.24, 2.45) is 0 Å². The predicted octanol–water partition coefficient (Wildman–Crippen LogP) is 3.28. The van der Waals surface area contributed by atoms with Crippen molar-refractivity contribution in [1.29, 1.82) is 0 Å². The number of ether oxygens (including phenoxy) is 2. The minimum atomic E-state index is -0.280. The van der Waals surface area contributed by atoms with Gasteiger partial charge in [-0.1, -0.05) is 12.1 Å². The van der Waals surface area contributed by atoms with Crippen molar-refractivity contribution < 1.29 is 18.7 Å². The van der Waals surface area contributed by atoms with E-state index in [1.807, 2.05) is 23.1 Å². The second kappa shape index (κ2) is 9.80. The van der Waals surface area contributed by atoms with E-state index >= 15 is 0 Å². The van der Waals surface area contributed by atoms with Crippen LogP contribution in [0.5, 0.6) is 11.5 Å². The van der Waals surface area contributed by atoms with Crippen LogP contribution in [-0.2, 0) is 11.3 Å². The van der Waals surface area contributed by atoms with Gasteiger partial charge in [0.05, 0.1) is 20.0 Å². The summed E-state index contributed by atoms with van der Waals surface area (Å²) in [6, 6.07) is 12.3. The van der Waals surface area contributed by atoms with Crippen molar-refractivity contribution in [3.05, 3.63) is 53.8 Å². The maximum absolute atomic E-state index is 13.7. The van der Waals surface area contributed by atoms with Crippen LogP contribution in [0.4, 0.5) is 4.39 Å². The first-order valence-corrected chi connectivity index (χ1v) is 10.2. The van der Waals surface area contributed by atoms with Gasteiger partial charge in [-0.3, -0.25) is 9.69 Å². The quantitative estimate of drug-likeness (QED) is 0.663. The van der Waals surface area contributed by atoms with Crippen LogP contribution in [-0.4, -0.2) is 61.9 Å². The Balaban J connectivity index is 1.50. The lowest BCUT2D eigenvalue weighted by atomic mass is 10.1. The Morgan fingerprint density at radius 1 is 1.07 bits per heavy atom. The molecular formula is C21H25FN2O3S. The average Bonchev–Trinajstić information content (AvgIpc) is 2.73. The van der Waals surface area contributed by atoms with E-state index < -0.39 is 0 Å². The monoisotopic (exact) mass is 404 g/mol. The summed E-state index contributed by atoms with van der Waals surface area (Å²) in [4.78, 5) is 17.1. The number of benzene rings is 2. The van der Waals surface area contributed by atoms with Crippen molar-refractivity contribution in [3.63, 3.8) is 0 Å². The molecule has 5 nitrogen and oxygen atoms in total. The normalized spacial score (nSPS) is 14.8. The summed E-state index contributed by atoms with van der Waals surface area (Å²) in [5.74, 6) is 1.66. The third kappa shape index (κ3) is 5.17. The molecule has 0 atom stereocenters. The molecule has 1 aliphatic rings. The lowest BCUT2D eigenvalue weighted by Crippen LogP contribution is -2.48. The van der Waals surface area contributed by atoms with Crippen molar-refractivity contribution in [2.75, 3.05) is 46.2 Å². The van der Waals surface area contributed by atoms with Gasteiger partial charge < -0.3 is 14.4 Å². The molecule has 1 heterocycles. The Morgan fingerprint density at radius 3 is 2.50 bits per heavy atom. The number of methoxy groups -OCH3 is 2. The maximum Gasteiger partial charge on any atom is 0.233 e. The van der Waals surface area contributed by atoms with E-state index in [1.165, 1.54) is 17.8 Å². The number of carbonyl (C=O) groups is 1. The number of carbonyl (C=O) groups excluding carboxylic acids is 1. The fourth-order valence-electron chi connectivity index (χ4n) is 3.19. The van der Waals surface area contributed by atoms with Crippen LogP contribution in [0, 0.1) is 5.82 Å². The highest BCUT2D eigenvalue weighted by Gasteiger charge is 2.22. The Labute approximate surface area is 169 Å².